The van der Waals surface area contributed by atoms with Crippen molar-refractivity contribution in [2.24, 2.45) is 0 Å². The van der Waals surface area contributed by atoms with Crippen molar-refractivity contribution in [2.45, 2.75) is 55.6 Å². The van der Waals surface area contributed by atoms with Crippen LogP contribution in [0.3, 0.4) is 0 Å². The highest BCUT2D eigenvalue weighted by Crippen LogP contribution is 2.28. The minimum atomic E-state index is -4.23. The van der Waals surface area contributed by atoms with E-state index < -0.39 is 28.5 Å². The number of hydrogen-bond donors (Lipinski definition) is 1. The number of ether oxygens (including phenoxy) is 1. The number of halogens is 2. The molecule has 0 bridgehead atoms. The third-order valence-electron chi connectivity index (χ3n) is 8.30. The molecule has 11 heteroatoms. The second-order valence-corrected chi connectivity index (χ2v) is 14.2. The van der Waals surface area contributed by atoms with Crippen molar-refractivity contribution >= 4 is 50.7 Å². The number of nitrogens with zero attached hydrogens (tertiary/aromatic N) is 2. The zero-order valence-electron chi connectivity index (χ0n) is 26.0. The molecule has 0 aliphatic heterocycles. The van der Waals surface area contributed by atoms with Crippen molar-refractivity contribution in [3.63, 3.8) is 0 Å². The van der Waals surface area contributed by atoms with Crippen LogP contribution in [0.4, 0.5) is 5.69 Å². The van der Waals surface area contributed by atoms with E-state index in [2.05, 4.69) is 5.32 Å². The molecule has 0 saturated heterocycles. The van der Waals surface area contributed by atoms with E-state index >= 15 is 0 Å². The average Bonchev–Trinajstić information content (AvgIpc) is 3.59. The topological polar surface area (TPSA) is 96.0 Å². The van der Waals surface area contributed by atoms with E-state index in [-0.39, 0.29) is 29.8 Å². The maximum atomic E-state index is 14.6. The summed E-state index contributed by atoms with van der Waals surface area (Å²) in [5.41, 5.74) is 1.72. The number of anilines is 1. The molecule has 0 aromatic heterocycles. The molecule has 0 heterocycles. The molecule has 246 valence electrons. The lowest BCUT2D eigenvalue weighted by molar-refractivity contribution is -0.140. The van der Waals surface area contributed by atoms with E-state index in [4.69, 9.17) is 27.9 Å². The highest BCUT2D eigenvalue weighted by atomic mass is 35.5. The van der Waals surface area contributed by atoms with Crippen molar-refractivity contribution in [1.29, 1.82) is 0 Å². The van der Waals surface area contributed by atoms with Crippen LogP contribution in [0.25, 0.3) is 0 Å². The van der Waals surface area contributed by atoms with E-state index in [0.717, 1.165) is 35.6 Å². The number of rotatable bonds is 13. The zero-order chi connectivity index (χ0) is 33.4. The third kappa shape index (κ3) is 8.66. The summed E-state index contributed by atoms with van der Waals surface area (Å²) >= 11 is 12.8. The second-order valence-electron chi connectivity index (χ2n) is 11.5. The number of amides is 2. The Bertz CT molecular complexity index is 1770. The van der Waals surface area contributed by atoms with Crippen LogP contribution in [0.5, 0.6) is 5.75 Å². The molecule has 4 aromatic rings. The monoisotopic (exact) mass is 693 g/mol. The molecule has 1 N–H and O–H groups in total. The van der Waals surface area contributed by atoms with E-state index in [9.17, 15) is 18.0 Å². The average molecular weight is 695 g/mol. The first-order chi connectivity index (χ1) is 22.7. The molecule has 8 nitrogen and oxygen atoms in total. The molecule has 4 aromatic carbocycles. The van der Waals surface area contributed by atoms with Gasteiger partial charge in [-0.25, -0.2) is 8.42 Å². The number of benzene rings is 4. The molecule has 1 aliphatic carbocycles. The Hall–Kier alpha value is -4.05. The summed E-state index contributed by atoms with van der Waals surface area (Å²) < 4.78 is 34.6. The number of para-hydroxylation sites is 1. The fraction of sp³-hybridized carbons (Fsp3) is 0.278. The number of methoxy groups -OCH3 is 1. The molecular formula is C36H37Cl2N3O5S. The molecule has 47 heavy (non-hydrogen) atoms. The van der Waals surface area contributed by atoms with Gasteiger partial charge in [0.1, 0.15) is 18.3 Å². The van der Waals surface area contributed by atoms with Gasteiger partial charge in [-0.15, -0.1) is 0 Å². The summed E-state index contributed by atoms with van der Waals surface area (Å²) in [6, 6.07) is 27.9. The van der Waals surface area contributed by atoms with Gasteiger partial charge in [0.25, 0.3) is 10.0 Å². The number of nitrogens with one attached hydrogen (secondary N) is 1. The van der Waals surface area contributed by atoms with Crippen LogP contribution >= 0.6 is 23.2 Å². The second kappa shape index (κ2) is 15.7. The summed E-state index contributed by atoms with van der Waals surface area (Å²) in [6.45, 7) is -0.610. The Labute approximate surface area is 286 Å². The highest BCUT2D eigenvalue weighted by Gasteiger charge is 2.35. The first-order valence-electron chi connectivity index (χ1n) is 15.5. The summed E-state index contributed by atoms with van der Waals surface area (Å²) in [5, 5.41) is 3.92. The summed E-state index contributed by atoms with van der Waals surface area (Å²) in [6.07, 6.45) is 3.98. The van der Waals surface area contributed by atoms with Crippen LogP contribution in [-0.2, 0) is 32.6 Å². The molecule has 2 amide bonds. The van der Waals surface area contributed by atoms with Crippen LogP contribution in [0.15, 0.2) is 108 Å². The maximum absolute atomic E-state index is 14.6. The van der Waals surface area contributed by atoms with Crippen LogP contribution < -0.4 is 14.4 Å². The lowest BCUT2D eigenvalue weighted by Gasteiger charge is -2.34. The van der Waals surface area contributed by atoms with Gasteiger partial charge >= 0.3 is 0 Å². The summed E-state index contributed by atoms with van der Waals surface area (Å²) in [7, 11) is -2.74. The molecule has 1 fully saturated rings. The lowest BCUT2D eigenvalue weighted by atomic mass is 10.0. The largest absolute Gasteiger partial charge is 0.497 e. The van der Waals surface area contributed by atoms with Gasteiger partial charge in [0.2, 0.25) is 11.8 Å². The van der Waals surface area contributed by atoms with E-state index in [1.807, 2.05) is 30.3 Å². The number of sulfonamides is 1. The quantitative estimate of drug-likeness (QED) is 0.164. The van der Waals surface area contributed by atoms with E-state index in [1.165, 1.54) is 24.1 Å². The number of hydrogen-bond acceptors (Lipinski definition) is 5. The normalized spacial score (nSPS) is 13.9. The van der Waals surface area contributed by atoms with Gasteiger partial charge in [0, 0.05) is 29.1 Å². The zero-order valence-corrected chi connectivity index (χ0v) is 28.3. The van der Waals surface area contributed by atoms with Crippen LogP contribution in [-0.4, -0.2) is 50.9 Å². The van der Waals surface area contributed by atoms with Gasteiger partial charge in [0.05, 0.1) is 17.7 Å². The van der Waals surface area contributed by atoms with Gasteiger partial charge in [0.15, 0.2) is 0 Å². The highest BCUT2D eigenvalue weighted by molar-refractivity contribution is 7.92. The maximum Gasteiger partial charge on any atom is 0.264 e. The molecule has 0 unspecified atom stereocenters. The summed E-state index contributed by atoms with van der Waals surface area (Å²) in [5.74, 6) is -0.378. The van der Waals surface area contributed by atoms with Crippen molar-refractivity contribution in [3.8, 4) is 5.75 Å². The van der Waals surface area contributed by atoms with Gasteiger partial charge < -0.3 is 15.0 Å². The standard InChI is InChI=1S/C36H37Cl2N3O5S/c1-46-31-18-20-32(21-19-31)47(44,45)41(30-14-6-3-7-15-30)25-35(42)40(24-27-16-17-28(37)23-33(27)38)34(22-26-10-4-2-5-11-26)36(43)39-29-12-8-9-13-29/h2-7,10-11,14-21,23,29,34H,8-9,12-13,22,24-25H2,1H3,(H,39,43)/t34-/m0/s1. The molecule has 1 saturated carbocycles. The predicted molar refractivity (Wildman–Crippen MR) is 185 cm³/mol. The number of carbonyl (C=O) groups is 2. The Morgan fingerprint density at radius 3 is 2.15 bits per heavy atom. The lowest BCUT2D eigenvalue weighted by Crippen LogP contribution is -2.54. The molecular weight excluding hydrogens is 657 g/mol. The number of carbonyl (C=O) groups excluding carboxylic acids is 2. The van der Waals surface area contributed by atoms with E-state index in [0.29, 0.717) is 27.0 Å². The smallest absolute Gasteiger partial charge is 0.264 e. The van der Waals surface area contributed by atoms with E-state index in [1.54, 1.807) is 60.7 Å². The minimum absolute atomic E-state index is 0.00751. The molecule has 5 rings (SSSR count). The Balaban J connectivity index is 1.56. The fourth-order valence-electron chi connectivity index (χ4n) is 5.75. The molecule has 1 atom stereocenters. The van der Waals surface area contributed by atoms with Crippen molar-refractivity contribution in [3.05, 3.63) is 124 Å². The fourth-order valence-corrected chi connectivity index (χ4v) is 7.64. The Morgan fingerprint density at radius 2 is 1.53 bits per heavy atom. The first-order valence-corrected chi connectivity index (χ1v) is 17.6. The Kier molecular flexibility index (Phi) is 11.4. The third-order valence-corrected chi connectivity index (χ3v) is 10.7. The van der Waals surface area contributed by atoms with Crippen molar-refractivity contribution in [1.82, 2.24) is 10.2 Å². The SMILES string of the molecule is COc1ccc(S(=O)(=O)N(CC(=O)N(Cc2ccc(Cl)cc2Cl)[C@@H](Cc2ccccc2)C(=O)NC2CCCC2)c2ccccc2)cc1. The van der Waals surface area contributed by atoms with Crippen molar-refractivity contribution in [2.75, 3.05) is 18.0 Å². The summed E-state index contributed by atoms with van der Waals surface area (Å²) in [4.78, 5) is 30.1. The van der Waals surface area contributed by atoms with Crippen LogP contribution in [0, 0.1) is 0 Å². The van der Waals surface area contributed by atoms with Gasteiger partial charge in [-0.05, 0) is 72.5 Å². The molecule has 0 spiro atoms. The van der Waals surface area contributed by atoms with Gasteiger partial charge in [-0.3, -0.25) is 13.9 Å². The molecule has 1 aliphatic rings. The van der Waals surface area contributed by atoms with Gasteiger partial charge in [-0.1, -0.05) is 90.6 Å². The van der Waals surface area contributed by atoms with Crippen molar-refractivity contribution < 1.29 is 22.7 Å². The van der Waals surface area contributed by atoms with Crippen LogP contribution in [0.2, 0.25) is 10.0 Å². The minimum Gasteiger partial charge on any atom is -0.497 e. The molecule has 0 radical (unpaired) electrons. The van der Waals surface area contributed by atoms with Gasteiger partial charge in [-0.2, -0.15) is 0 Å². The predicted octanol–water partition coefficient (Wildman–Crippen LogP) is 6.90. The Morgan fingerprint density at radius 1 is 0.894 bits per heavy atom. The van der Waals surface area contributed by atoms with Crippen LogP contribution in [0.1, 0.15) is 36.8 Å². The first kappa shape index (κ1) is 34.3.